The fourth-order valence-electron chi connectivity index (χ4n) is 6.91. The van der Waals surface area contributed by atoms with Crippen molar-refractivity contribution in [2.24, 2.45) is 5.92 Å². The molecule has 10 nitrogen and oxygen atoms in total. The van der Waals surface area contributed by atoms with Crippen LogP contribution in [0.5, 0.6) is 0 Å². The lowest BCUT2D eigenvalue weighted by Gasteiger charge is -2.42. The van der Waals surface area contributed by atoms with Crippen LogP contribution < -0.4 is 10.6 Å². The lowest BCUT2D eigenvalue weighted by atomic mass is 9.90. The van der Waals surface area contributed by atoms with Crippen molar-refractivity contribution in [1.29, 1.82) is 0 Å². The monoisotopic (exact) mass is 693 g/mol. The van der Waals surface area contributed by atoms with Gasteiger partial charge in [0.2, 0.25) is 0 Å². The van der Waals surface area contributed by atoms with E-state index in [0.717, 1.165) is 51.9 Å². The molecule has 51 heavy (non-hydrogen) atoms. The third kappa shape index (κ3) is 9.21. The van der Waals surface area contributed by atoms with Crippen molar-refractivity contribution < 1.29 is 34.0 Å². The zero-order chi connectivity index (χ0) is 35.7. The van der Waals surface area contributed by atoms with Crippen LogP contribution in [0.4, 0.5) is 4.79 Å². The van der Waals surface area contributed by atoms with Crippen LogP contribution in [0.25, 0.3) is 11.1 Å². The van der Waals surface area contributed by atoms with Crippen LogP contribution in [-0.4, -0.2) is 72.1 Å². The molecule has 2 aliphatic rings. The van der Waals surface area contributed by atoms with E-state index < -0.39 is 24.3 Å². The maximum atomic E-state index is 13.0. The van der Waals surface area contributed by atoms with E-state index >= 15 is 0 Å². The molecule has 0 saturated carbocycles. The standard InChI is InChI=1S/C41H47N3O7/c1-27-37(25-44-21-20-34(46)24-44)50-40(51-38(27)31-14-12-29(26-45)13-15-31)32-18-16-30(17-19-32)35-11-7-6-10-33(35)23-42-41(48)43-36(39(47)49-2)22-28-8-4-3-5-9-28/h3-19,27,34,36-38,40,45-46H,20-26H2,1-2H3,(H2,42,43,48)/t27-,34+,36+,37+,38+,40+/m1/s1. The number of aliphatic hydroxyl groups is 2. The van der Waals surface area contributed by atoms with E-state index in [9.17, 15) is 19.8 Å². The number of β-amino-alcohol motifs (C(OH)–C–C–N with tert-alkyl or cyclic N) is 1. The number of benzene rings is 4. The summed E-state index contributed by atoms with van der Waals surface area (Å²) in [6, 6.07) is 32.0. The number of urea groups is 1. The maximum absolute atomic E-state index is 13.0. The van der Waals surface area contributed by atoms with Crippen LogP contribution in [0.2, 0.25) is 0 Å². The fourth-order valence-corrected chi connectivity index (χ4v) is 6.91. The van der Waals surface area contributed by atoms with Gasteiger partial charge in [-0.1, -0.05) is 110 Å². The highest BCUT2D eigenvalue weighted by Gasteiger charge is 2.40. The van der Waals surface area contributed by atoms with Gasteiger partial charge in [0, 0.05) is 44.1 Å². The third-order valence-corrected chi connectivity index (χ3v) is 9.83. The van der Waals surface area contributed by atoms with Crippen molar-refractivity contribution in [2.75, 3.05) is 26.7 Å². The van der Waals surface area contributed by atoms with E-state index in [1.807, 2.05) is 103 Å². The predicted octanol–water partition coefficient (Wildman–Crippen LogP) is 5.29. The molecule has 4 N–H and O–H groups in total. The Balaban J connectivity index is 1.15. The van der Waals surface area contributed by atoms with E-state index in [1.165, 1.54) is 7.11 Å². The van der Waals surface area contributed by atoms with Gasteiger partial charge in [-0.2, -0.15) is 0 Å². The molecule has 4 aromatic rings. The summed E-state index contributed by atoms with van der Waals surface area (Å²) in [7, 11) is 1.31. The Kier molecular flexibility index (Phi) is 12.1. The molecule has 6 atom stereocenters. The Bertz CT molecular complexity index is 1730. The summed E-state index contributed by atoms with van der Waals surface area (Å²) in [5.74, 6) is -0.460. The van der Waals surface area contributed by atoms with Crippen molar-refractivity contribution in [3.8, 4) is 11.1 Å². The van der Waals surface area contributed by atoms with Crippen LogP contribution >= 0.6 is 0 Å². The number of methoxy groups -OCH3 is 1. The minimum absolute atomic E-state index is 0.0175. The zero-order valence-corrected chi connectivity index (χ0v) is 29.1. The quantitative estimate of drug-likeness (QED) is 0.148. The minimum atomic E-state index is -0.826. The SMILES string of the molecule is COC(=O)[C@H](Cc1ccccc1)NC(=O)NCc1ccccc1-c1ccc([C@H]2O[C@@H](CN3CC[C@H](O)C3)[C@@H](C)[C@@H](c3ccc(CO)cc3)O2)cc1. The maximum Gasteiger partial charge on any atom is 0.328 e. The first-order valence-corrected chi connectivity index (χ1v) is 17.6. The van der Waals surface area contributed by atoms with E-state index in [0.29, 0.717) is 19.5 Å². The number of amides is 2. The molecule has 4 aromatic carbocycles. The van der Waals surface area contributed by atoms with Gasteiger partial charge in [0.15, 0.2) is 6.29 Å². The second-order valence-corrected chi connectivity index (χ2v) is 13.4. The van der Waals surface area contributed by atoms with Crippen molar-refractivity contribution >= 4 is 12.0 Å². The Hall–Kier alpha value is -4.58. The van der Waals surface area contributed by atoms with Crippen molar-refractivity contribution in [1.82, 2.24) is 15.5 Å². The molecule has 0 aliphatic carbocycles. The van der Waals surface area contributed by atoms with E-state index in [1.54, 1.807) is 0 Å². The fraction of sp³-hybridized carbons (Fsp3) is 0.366. The number of ether oxygens (including phenoxy) is 3. The van der Waals surface area contributed by atoms with Gasteiger partial charge < -0.3 is 35.1 Å². The van der Waals surface area contributed by atoms with E-state index in [4.69, 9.17) is 14.2 Å². The highest BCUT2D eigenvalue weighted by atomic mass is 16.7. The predicted molar refractivity (Wildman–Crippen MR) is 193 cm³/mol. The molecule has 2 aliphatic heterocycles. The van der Waals surface area contributed by atoms with Crippen LogP contribution in [0.3, 0.4) is 0 Å². The molecule has 2 amide bonds. The first kappa shape index (κ1) is 36.2. The molecule has 0 spiro atoms. The Morgan fingerprint density at radius 3 is 2.29 bits per heavy atom. The van der Waals surface area contributed by atoms with Crippen LogP contribution in [0.15, 0.2) is 103 Å². The number of rotatable bonds is 12. The smallest absolute Gasteiger partial charge is 0.328 e. The lowest BCUT2D eigenvalue weighted by molar-refractivity contribution is -0.276. The molecule has 0 radical (unpaired) electrons. The number of nitrogens with one attached hydrogen (secondary N) is 2. The van der Waals surface area contributed by atoms with Crippen LogP contribution in [0.1, 0.15) is 53.6 Å². The molecule has 2 saturated heterocycles. The van der Waals surface area contributed by atoms with Crippen molar-refractivity contribution in [2.45, 2.75) is 63.6 Å². The van der Waals surface area contributed by atoms with Crippen LogP contribution in [-0.2, 0) is 38.6 Å². The minimum Gasteiger partial charge on any atom is -0.467 e. The highest BCUT2D eigenvalue weighted by Crippen LogP contribution is 2.42. The summed E-state index contributed by atoms with van der Waals surface area (Å²) in [5.41, 5.74) is 6.51. The van der Waals surface area contributed by atoms with Crippen molar-refractivity contribution in [3.05, 3.63) is 131 Å². The summed E-state index contributed by atoms with van der Waals surface area (Å²) in [5, 5.41) is 25.4. The number of esters is 1. The number of carbonyl (C=O) groups excluding carboxylic acids is 2. The average Bonchev–Trinajstić information content (AvgIpc) is 3.58. The second-order valence-electron chi connectivity index (χ2n) is 13.4. The highest BCUT2D eigenvalue weighted by molar-refractivity contribution is 5.84. The van der Waals surface area contributed by atoms with Crippen LogP contribution in [0, 0.1) is 5.92 Å². The molecule has 2 heterocycles. The van der Waals surface area contributed by atoms with Gasteiger partial charge >= 0.3 is 12.0 Å². The Morgan fingerprint density at radius 1 is 0.902 bits per heavy atom. The Labute approximate surface area is 299 Å². The van der Waals surface area contributed by atoms with Gasteiger partial charge in [-0.05, 0) is 39.8 Å². The molecule has 6 rings (SSSR count). The average molecular weight is 694 g/mol. The molecule has 0 bridgehead atoms. The van der Waals surface area contributed by atoms with Gasteiger partial charge in [0.1, 0.15) is 6.04 Å². The van der Waals surface area contributed by atoms with Gasteiger partial charge in [0.05, 0.1) is 32.0 Å². The normalized spacial score (nSPS) is 22.6. The van der Waals surface area contributed by atoms with E-state index in [-0.39, 0.29) is 37.4 Å². The Morgan fingerprint density at radius 2 is 1.61 bits per heavy atom. The number of nitrogens with zero attached hydrogens (tertiary/aromatic N) is 1. The largest absolute Gasteiger partial charge is 0.467 e. The number of hydrogen-bond acceptors (Lipinski definition) is 8. The zero-order valence-electron chi connectivity index (χ0n) is 29.1. The molecular weight excluding hydrogens is 646 g/mol. The molecule has 0 aromatic heterocycles. The number of hydrogen-bond donors (Lipinski definition) is 4. The van der Waals surface area contributed by atoms with Crippen molar-refractivity contribution in [3.63, 3.8) is 0 Å². The summed E-state index contributed by atoms with van der Waals surface area (Å²) in [4.78, 5) is 27.7. The molecule has 10 heteroatoms. The molecular formula is C41H47N3O7. The number of likely N-dealkylation sites (tertiary alicyclic amines) is 1. The number of carbonyl (C=O) groups is 2. The number of aliphatic hydroxyl groups excluding tert-OH is 2. The van der Waals surface area contributed by atoms with Gasteiger partial charge in [-0.15, -0.1) is 0 Å². The topological polar surface area (TPSA) is 130 Å². The van der Waals surface area contributed by atoms with Gasteiger partial charge in [-0.3, -0.25) is 4.90 Å². The molecule has 0 unspecified atom stereocenters. The first-order valence-electron chi connectivity index (χ1n) is 17.6. The first-order chi connectivity index (χ1) is 24.8. The molecule has 2 fully saturated rings. The lowest BCUT2D eigenvalue weighted by Crippen LogP contribution is -2.47. The summed E-state index contributed by atoms with van der Waals surface area (Å²) in [6.07, 6.45) is -0.184. The summed E-state index contributed by atoms with van der Waals surface area (Å²) < 4.78 is 18.2. The third-order valence-electron chi connectivity index (χ3n) is 9.83. The summed E-state index contributed by atoms with van der Waals surface area (Å²) in [6.45, 7) is 4.54. The van der Waals surface area contributed by atoms with Gasteiger partial charge in [-0.25, -0.2) is 9.59 Å². The van der Waals surface area contributed by atoms with Gasteiger partial charge in [0.25, 0.3) is 0 Å². The molecule has 268 valence electrons. The second kappa shape index (κ2) is 17.1. The summed E-state index contributed by atoms with van der Waals surface area (Å²) >= 11 is 0. The van der Waals surface area contributed by atoms with E-state index in [2.05, 4.69) is 22.5 Å².